The fourth-order valence-electron chi connectivity index (χ4n) is 3.48. The van der Waals surface area contributed by atoms with Gasteiger partial charge in [-0.05, 0) is 29.8 Å². The molecule has 0 radical (unpaired) electrons. The van der Waals surface area contributed by atoms with Crippen molar-refractivity contribution in [2.45, 2.75) is 19.3 Å². The van der Waals surface area contributed by atoms with Crippen molar-refractivity contribution >= 4 is 22.9 Å². The van der Waals surface area contributed by atoms with Gasteiger partial charge in [-0.25, -0.2) is 0 Å². The summed E-state index contributed by atoms with van der Waals surface area (Å²) in [4.78, 5) is 6.03. The Balaban J connectivity index is 1.13. The Morgan fingerprint density at radius 3 is 2.64 bits per heavy atom. The van der Waals surface area contributed by atoms with Gasteiger partial charge in [0.2, 0.25) is 6.79 Å². The number of thiophene rings is 1. The number of nitrogens with zero attached hydrogens (tertiary/aromatic N) is 2. The molecule has 8 heteroatoms. The van der Waals surface area contributed by atoms with Crippen molar-refractivity contribution in [2.24, 2.45) is 0 Å². The van der Waals surface area contributed by atoms with Crippen LogP contribution >= 0.6 is 22.9 Å². The number of hydrogen-bond acceptors (Lipinski definition) is 7. The number of benzene rings is 1. The van der Waals surface area contributed by atoms with Gasteiger partial charge in [0.1, 0.15) is 0 Å². The molecule has 1 atom stereocenters. The van der Waals surface area contributed by atoms with Gasteiger partial charge < -0.3 is 19.3 Å². The van der Waals surface area contributed by atoms with Gasteiger partial charge in [-0.15, -0.1) is 11.3 Å². The number of aliphatic hydroxyl groups excluding tert-OH is 1. The van der Waals surface area contributed by atoms with Crippen LogP contribution in [0.2, 0.25) is 4.34 Å². The number of hydrogen-bond donors (Lipinski definition) is 1. The van der Waals surface area contributed by atoms with Crippen LogP contribution < -0.4 is 9.47 Å². The minimum Gasteiger partial charge on any atom is -0.454 e. The molecule has 1 saturated heterocycles. The summed E-state index contributed by atoms with van der Waals surface area (Å²) in [6.45, 7) is 6.55. The zero-order valence-corrected chi connectivity index (χ0v) is 17.3. The standard InChI is InChI=1S/C20H25ClN2O4S/c21-20-4-2-17(28-20)11-23-7-5-22(6-8-23)10-16(24)13-25-12-15-1-3-18-19(9-15)27-14-26-18/h1-4,9,16,24H,5-8,10-14H2. The molecule has 1 fully saturated rings. The molecule has 0 bridgehead atoms. The van der Waals surface area contributed by atoms with E-state index in [-0.39, 0.29) is 6.79 Å². The first kappa shape index (κ1) is 19.9. The maximum absolute atomic E-state index is 10.3. The van der Waals surface area contributed by atoms with Crippen molar-refractivity contribution in [1.82, 2.24) is 9.80 Å². The Morgan fingerprint density at radius 1 is 1.07 bits per heavy atom. The highest BCUT2D eigenvalue weighted by Gasteiger charge is 2.20. The molecule has 4 rings (SSSR count). The lowest BCUT2D eigenvalue weighted by Gasteiger charge is -2.35. The summed E-state index contributed by atoms with van der Waals surface area (Å²) in [6.07, 6.45) is -0.489. The van der Waals surface area contributed by atoms with E-state index in [1.54, 1.807) is 11.3 Å². The number of halogens is 1. The van der Waals surface area contributed by atoms with E-state index < -0.39 is 6.10 Å². The number of β-amino-alcohol motifs (C(OH)–C–C–N with tert-alkyl or cyclic N) is 1. The Bertz CT molecular complexity index is 779. The van der Waals surface area contributed by atoms with Crippen molar-refractivity contribution in [3.8, 4) is 11.5 Å². The first-order chi connectivity index (χ1) is 13.7. The Labute approximate surface area is 174 Å². The molecule has 28 heavy (non-hydrogen) atoms. The Kier molecular flexibility index (Phi) is 6.72. The van der Waals surface area contributed by atoms with E-state index in [0.717, 1.165) is 54.1 Å². The van der Waals surface area contributed by atoms with Gasteiger partial charge in [-0.2, -0.15) is 0 Å². The molecule has 1 N–H and O–H groups in total. The summed E-state index contributed by atoms with van der Waals surface area (Å²) in [5, 5.41) is 10.3. The third-order valence-corrected chi connectivity index (χ3v) is 6.17. The van der Waals surface area contributed by atoms with Gasteiger partial charge in [0, 0.05) is 44.1 Å². The van der Waals surface area contributed by atoms with Gasteiger partial charge in [0.05, 0.1) is 23.7 Å². The molecule has 0 amide bonds. The highest BCUT2D eigenvalue weighted by atomic mass is 35.5. The van der Waals surface area contributed by atoms with E-state index in [9.17, 15) is 5.11 Å². The van der Waals surface area contributed by atoms with Gasteiger partial charge in [-0.1, -0.05) is 17.7 Å². The predicted octanol–water partition coefficient (Wildman–Crippen LogP) is 2.83. The highest BCUT2D eigenvalue weighted by molar-refractivity contribution is 7.16. The maximum Gasteiger partial charge on any atom is 0.231 e. The normalized spacial score (nSPS) is 18.5. The second-order valence-corrected chi connectivity index (χ2v) is 8.94. The molecular weight excluding hydrogens is 400 g/mol. The van der Waals surface area contributed by atoms with Crippen LogP contribution in [0.25, 0.3) is 0 Å². The zero-order chi connectivity index (χ0) is 19.3. The molecule has 1 unspecified atom stereocenters. The Morgan fingerprint density at radius 2 is 1.86 bits per heavy atom. The lowest BCUT2D eigenvalue weighted by molar-refractivity contribution is 0.000918. The van der Waals surface area contributed by atoms with Gasteiger partial charge in [0.15, 0.2) is 11.5 Å². The minimum absolute atomic E-state index is 0.271. The molecule has 6 nitrogen and oxygen atoms in total. The second-order valence-electron chi connectivity index (χ2n) is 7.14. The SMILES string of the molecule is OC(COCc1ccc2c(c1)OCO2)CN1CCN(Cc2ccc(Cl)s2)CC1. The molecule has 2 aliphatic rings. The molecule has 2 aliphatic heterocycles. The van der Waals surface area contributed by atoms with E-state index in [0.29, 0.717) is 19.8 Å². The third-order valence-electron chi connectivity index (χ3n) is 4.96. The number of piperazine rings is 1. The molecular formula is C20H25ClN2O4S. The smallest absolute Gasteiger partial charge is 0.231 e. The minimum atomic E-state index is -0.489. The lowest BCUT2D eigenvalue weighted by Crippen LogP contribution is -2.48. The number of fused-ring (bicyclic) bond motifs is 1. The van der Waals surface area contributed by atoms with Crippen molar-refractivity contribution in [1.29, 1.82) is 0 Å². The quantitative estimate of drug-likeness (QED) is 0.703. The number of ether oxygens (including phenoxy) is 3. The van der Waals surface area contributed by atoms with Crippen molar-refractivity contribution < 1.29 is 19.3 Å². The largest absolute Gasteiger partial charge is 0.454 e. The van der Waals surface area contributed by atoms with Crippen LogP contribution in [0, 0.1) is 0 Å². The maximum atomic E-state index is 10.3. The van der Waals surface area contributed by atoms with Crippen LogP contribution in [-0.2, 0) is 17.9 Å². The van der Waals surface area contributed by atoms with Crippen molar-refractivity contribution in [2.75, 3.05) is 46.1 Å². The summed E-state index contributed by atoms with van der Waals surface area (Å²) in [5.74, 6) is 1.52. The first-order valence-electron chi connectivity index (χ1n) is 9.49. The Hall–Kier alpha value is -1.35. The molecule has 1 aromatic heterocycles. The van der Waals surface area contributed by atoms with Crippen LogP contribution in [-0.4, -0.2) is 67.1 Å². The molecule has 0 aliphatic carbocycles. The third kappa shape index (κ3) is 5.37. The molecule has 0 saturated carbocycles. The van der Waals surface area contributed by atoms with Crippen LogP contribution in [0.1, 0.15) is 10.4 Å². The van der Waals surface area contributed by atoms with Gasteiger partial charge >= 0.3 is 0 Å². The topological polar surface area (TPSA) is 54.4 Å². The second kappa shape index (κ2) is 9.43. The van der Waals surface area contributed by atoms with Crippen LogP contribution in [0.3, 0.4) is 0 Å². The van der Waals surface area contributed by atoms with Crippen LogP contribution in [0.4, 0.5) is 0 Å². The van der Waals surface area contributed by atoms with E-state index >= 15 is 0 Å². The monoisotopic (exact) mass is 424 g/mol. The lowest BCUT2D eigenvalue weighted by atomic mass is 10.2. The van der Waals surface area contributed by atoms with Gasteiger partial charge in [-0.3, -0.25) is 9.80 Å². The fraction of sp³-hybridized carbons (Fsp3) is 0.500. The van der Waals surface area contributed by atoms with E-state index in [4.69, 9.17) is 25.8 Å². The predicted molar refractivity (Wildman–Crippen MR) is 109 cm³/mol. The highest BCUT2D eigenvalue weighted by Crippen LogP contribution is 2.32. The zero-order valence-electron chi connectivity index (χ0n) is 15.7. The van der Waals surface area contributed by atoms with Crippen LogP contribution in [0.5, 0.6) is 11.5 Å². The molecule has 0 spiro atoms. The molecule has 3 heterocycles. The van der Waals surface area contributed by atoms with E-state index in [2.05, 4.69) is 15.9 Å². The summed E-state index contributed by atoms with van der Waals surface area (Å²) in [5.41, 5.74) is 1.01. The summed E-state index contributed by atoms with van der Waals surface area (Å²) >= 11 is 7.65. The van der Waals surface area contributed by atoms with Crippen molar-refractivity contribution in [3.05, 3.63) is 45.1 Å². The average molecular weight is 425 g/mol. The van der Waals surface area contributed by atoms with E-state index in [1.807, 2.05) is 24.3 Å². The molecule has 152 valence electrons. The average Bonchev–Trinajstić information content (AvgIpc) is 3.31. The number of aliphatic hydroxyl groups is 1. The summed E-state index contributed by atoms with van der Waals surface area (Å²) < 4.78 is 17.2. The van der Waals surface area contributed by atoms with E-state index in [1.165, 1.54) is 4.88 Å². The molecule has 1 aromatic carbocycles. The number of rotatable bonds is 8. The summed E-state index contributed by atoms with van der Waals surface area (Å²) in [7, 11) is 0. The molecule has 2 aromatic rings. The fourth-order valence-corrected chi connectivity index (χ4v) is 4.61. The van der Waals surface area contributed by atoms with Gasteiger partial charge in [0.25, 0.3) is 0 Å². The van der Waals surface area contributed by atoms with Crippen LogP contribution in [0.15, 0.2) is 30.3 Å². The summed E-state index contributed by atoms with van der Waals surface area (Å²) in [6, 6.07) is 9.83. The van der Waals surface area contributed by atoms with Crippen molar-refractivity contribution in [3.63, 3.8) is 0 Å². The first-order valence-corrected chi connectivity index (χ1v) is 10.7.